The highest BCUT2D eigenvalue weighted by Gasteiger charge is 2.14. The van der Waals surface area contributed by atoms with Gasteiger partial charge in [-0.1, -0.05) is 12.1 Å². The van der Waals surface area contributed by atoms with Gasteiger partial charge in [-0.2, -0.15) is 0 Å². The Morgan fingerprint density at radius 1 is 1.33 bits per heavy atom. The van der Waals surface area contributed by atoms with E-state index in [2.05, 4.69) is 52.2 Å². The van der Waals surface area contributed by atoms with Crippen molar-refractivity contribution in [3.05, 3.63) is 33.4 Å². The summed E-state index contributed by atoms with van der Waals surface area (Å²) in [6.45, 7) is 2.84. The molecule has 1 aromatic rings. The van der Waals surface area contributed by atoms with Gasteiger partial charge in [0.2, 0.25) is 0 Å². The summed E-state index contributed by atoms with van der Waals surface area (Å²) < 4.78 is 7.04. The number of nitrogens with one attached hydrogen (secondary N) is 1. The summed E-state index contributed by atoms with van der Waals surface area (Å²) in [7, 11) is 0. The molecule has 1 atom stereocenters. The Labute approximate surface area is 110 Å². The summed E-state index contributed by atoms with van der Waals surface area (Å²) in [5.41, 5.74) is 1.26. The van der Waals surface area contributed by atoms with Crippen molar-refractivity contribution < 1.29 is 4.74 Å². The number of halogens is 2. The molecule has 1 aliphatic rings. The lowest BCUT2D eigenvalue weighted by Gasteiger charge is -2.10. The molecule has 0 amide bonds. The van der Waals surface area contributed by atoms with Crippen LogP contribution in [0.5, 0.6) is 0 Å². The second kappa shape index (κ2) is 6.68. The quantitative estimate of drug-likeness (QED) is 0.855. The van der Waals surface area contributed by atoms with E-state index in [-0.39, 0.29) is 12.4 Å². The zero-order valence-corrected chi connectivity index (χ0v) is 11.4. The van der Waals surface area contributed by atoms with Gasteiger partial charge >= 0.3 is 0 Å². The van der Waals surface area contributed by atoms with Gasteiger partial charge in [-0.3, -0.25) is 0 Å². The van der Waals surface area contributed by atoms with E-state index in [0.717, 1.165) is 26.1 Å². The SMILES string of the molecule is Cl.Ic1ccc(COC2CCNC2)cc1. The summed E-state index contributed by atoms with van der Waals surface area (Å²) in [4.78, 5) is 0. The molecule has 1 unspecified atom stereocenters. The highest BCUT2D eigenvalue weighted by molar-refractivity contribution is 14.1. The van der Waals surface area contributed by atoms with Crippen molar-refractivity contribution >= 4 is 35.0 Å². The fourth-order valence-electron chi connectivity index (χ4n) is 1.57. The van der Waals surface area contributed by atoms with Crippen LogP contribution < -0.4 is 5.32 Å². The molecular weight excluding hydrogens is 324 g/mol. The van der Waals surface area contributed by atoms with Gasteiger partial charge in [-0.05, 0) is 53.3 Å². The molecule has 1 aromatic carbocycles. The minimum Gasteiger partial charge on any atom is -0.372 e. The van der Waals surface area contributed by atoms with Crippen molar-refractivity contribution in [2.75, 3.05) is 13.1 Å². The smallest absolute Gasteiger partial charge is 0.0721 e. The van der Waals surface area contributed by atoms with E-state index in [4.69, 9.17) is 4.74 Å². The second-order valence-electron chi connectivity index (χ2n) is 3.55. The molecule has 1 heterocycles. The highest BCUT2D eigenvalue weighted by atomic mass is 127. The molecule has 1 saturated heterocycles. The van der Waals surface area contributed by atoms with Gasteiger partial charge in [-0.15, -0.1) is 12.4 Å². The molecule has 4 heteroatoms. The normalized spacial score (nSPS) is 19.9. The van der Waals surface area contributed by atoms with Crippen LogP contribution in [0.4, 0.5) is 0 Å². The zero-order valence-electron chi connectivity index (χ0n) is 8.41. The van der Waals surface area contributed by atoms with E-state index in [0.29, 0.717) is 6.10 Å². The first-order chi connectivity index (χ1) is 6.84. The molecule has 0 radical (unpaired) electrons. The van der Waals surface area contributed by atoms with Crippen molar-refractivity contribution in [1.29, 1.82) is 0 Å². The van der Waals surface area contributed by atoms with E-state index in [1.54, 1.807) is 0 Å². The largest absolute Gasteiger partial charge is 0.372 e. The van der Waals surface area contributed by atoms with Gasteiger partial charge in [0, 0.05) is 10.1 Å². The maximum Gasteiger partial charge on any atom is 0.0721 e. The standard InChI is InChI=1S/C11H14INO.ClH/c12-10-3-1-9(2-4-10)8-14-11-5-6-13-7-11;/h1-4,11,13H,5-8H2;1H. The van der Waals surface area contributed by atoms with Crippen LogP contribution in [0.25, 0.3) is 0 Å². The number of hydrogen-bond donors (Lipinski definition) is 1. The zero-order chi connectivity index (χ0) is 9.80. The second-order valence-corrected chi connectivity index (χ2v) is 4.80. The summed E-state index contributed by atoms with van der Waals surface area (Å²) in [5, 5.41) is 3.29. The van der Waals surface area contributed by atoms with Gasteiger partial charge < -0.3 is 10.1 Å². The van der Waals surface area contributed by atoms with E-state index in [1.165, 1.54) is 9.13 Å². The van der Waals surface area contributed by atoms with Crippen LogP contribution in [-0.4, -0.2) is 19.2 Å². The molecule has 0 spiro atoms. The third-order valence-corrected chi connectivity index (χ3v) is 3.13. The van der Waals surface area contributed by atoms with E-state index in [1.807, 2.05) is 0 Å². The predicted molar refractivity (Wildman–Crippen MR) is 72.5 cm³/mol. The highest BCUT2D eigenvalue weighted by Crippen LogP contribution is 2.10. The van der Waals surface area contributed by atoms with Crippen molar-refractivity contribution in [2.45, 2.75) is 19.1 Å². The number of rotatable bonds is 3. The first-order valence-corrected chi connectivity index (χ1v) is 5.99. The molecular formula is C11H15ClINO. The van der Waals surface area contributed by atoms with Gasteiger partial charge in [0.15, 0.2) is 0 Å². The molecule has 1 aliphatic heterocycles. The molecule has 0 aliphatic carbocycles. The third-order valence-electron chi connectivity index (χ3n) is 2.41. The molecule has 84 valence electrons. The van der Waals surface area contributed by atoms with Crippen molar-refractivity contribution in [1.82, 2.24) is 5.32 Å². The molecule has 0 bridgehead atoms. The van der Waals surface area contributed by atoms with Crippen molar-refractivity contribution in [2.24, 2.45) is 0 Å². The van der Waals surface area contributed by atoms with Gasteiger partial charge in [0.25, 0.3) is 0 Å². The molecule has 0 aromatic heterocycles. The first-order valence-electron chi connectivity index (χ1n) is 4.91. The fraction of sp³-hybridized carbons (Fsp3) is 0.455. The van der Waals surface area contributed by atoms with E-state index < -0.39 is 0 Å². The van der Waals surface area contributed by atoms with Crippen LogP contribution in [-0.2, 0) is 11.3 Å². The van der Waals surface area contributed by atoms with Crippen LogP contribution in [0.15, 0.2) is 24.3 Å². The van der Waals surface area contributed by atoms with Crippen LogP contribution >= 0.6 is 35.0 Å². The minimum atomic E-state index is 0. The summed E-state index contributed by atoms with van der Waals surface area (Å²) in [6, 6.07) is 8.49. The Morgan fingerprint density at radius 3 is 2.67 bits per heavy atom. The average Bonchev–Trinajstić information content (AvgIpc) is 2.70. The third kappa shape index (κ3) is 4.26. The molecule has 0 saturated carbocycles. The Balaban J connectivity index is 0.00000112. The van der Waals surface area contributed by atoms with E-state index in [9.17, 15) is 0 Å². The lowest BCUT2D eigenvalue weighted by Crippen LogP contribution is -2.16. The molecule has 2 rings (SSSR count). The first kappa shape index (κ1) is 13.2. The number of benzene rings is 1. The topological polar surface area (TPSA) is 21.3 Å². The number of ether oxygens (including phenoxy) is 1. The molecule has 1 N–H and O–H groups in total. The fourth-order valence-corrected chi connectivity index (χ4v) is 1.92. The lowest BCUT2D eigenvalue weighted by atomic mass is 10.2. The van der Waals surface area contributed by atoms with Gasteiger partial charge in [-0.25, -0.2) is 0 Å². The Kier molecular flexibility index (Phi) is 5.89. The predicted octanol–water partition coefficient (Wildman–Crippen LogP) is 2.59. The maximum absolute atomic E-state index is 5.76. The van der Waals surface area contributed by atoms with E-state index >= 15 is 0 Å². The summed E-state index contributed by atoms with van der Waals surface area (Å²) >= 11 is 2.31. The van der Waals surface area contributed by atoms with Crippen molar-refractivity contribution in [3.63, 3.8) is 0 Å². The van der Waals surface area contributed by atoms with Crippen molar-refractivity contribution in [3.8, 4) is 0 Å². The van der Waals surface area contributed by atoms with Gasteiger partial charge in [0.05, 0.1) is 12.7 Å². The van der Waals surface area contributed by atoms with Crippen LogP contribution in [0.1, 0.15) is 12.0 Å². The minimum absolute atomic E-state index is 0. The Hall–Kier alpha value is 0.160. The molecule has 1 fully saturated rings. The number of hydrogen-bond acceptors (Lipinski definition) is 2. The molecule has 15 heavy (non-hydrogen) atoms. The summed E-state index contributed by atoms with van der Waals surface area (Å²) in [5.74, 6) is 0. The lowest BCUT2D eigenvalue weighted by molar-refractivity contribution is 0.0542. The van der Waals surface area contributed by atoms with Crippen LogP contribution in [0.3, 0.4) is 0 Å². The van der Waals surface area contributed by atoms with Gasteiger partial charge in [0.1, 0.15) is 0 Å². The summed E-state index contributed by atoms with van der Waals surface area (Å²) in [6.07, 6.45) is 1.55. The van der Waals surface area contributed by atoms with Crippen LogP contribution in [0.2, 0.25) is 0 Å². The monoisotopic (exact) mass is 339 g/mol. The molecule has 2 nitrogen and oxygen atoms in total. The average molecular weight is 340 g/mol. The maximum atomic E-state index is 5.76. The Bertz CT molecular complexity index is 285. The van der Waals surface area contributed by atoms with Crippen LogP contribution in [0, 0.1) is 3.57 Å². The Morgan fingerprint density at radius 2 is 2.07 bits per heavy atom.